The maximum Gasteiger partial charge on any atom is 0.239 e. The van der Waals surface area contributed by atoms with E-state index in [9.17, 15) is 4.79 Å². The summed E-state index contributed by atoms with van der Waals surface area (Å²) in [4.78, 5) is 16.2. The van der Waals surface area contributed by atoms with Gasteiger partial charge in [0.05, 0.1) is 18.7 Å². The highest BCUT2D eigenvalue weighted by Gasteiger charge is 2.32. The van der Waals surface area contributed by atoms with Gasteiger partial charge in [0.2, 0.25) is 5.91 Å². The summed E-state index contributed by atoms with van der Waals surface area (Å²) in [5.41, 5.74) is 7.83. The van der Waals surface area contributed by atoms with Gasteiger partial charge in [-0.15, -0.1) is 0 Å². The Morgan fingerprint density at radius 3 is 2.47 bits per heavy atom. The van der Waals surface area contributed by atoms with Gasteiger partial charge < -0.3 is 4.74 Å². The average molecular weight is 428 g/mol. The second-order valence-corrected chi connectivity index (χ2v) is 9.15. The van der Waals surface area contributed by atoms with Gasteiger partial charge in [0.15, 0.2) is 0 Å². The molecule has 0 saturated heterocycles. The van der Waals surface area contributed by atoms with E-state index in [-0.39, 0.29) is 11.8 Å². The smallest absolute Gasteiger partial charge is 0.239 e. The third-order valence-corrected chi connectivity index (χ3v) is 6.82. The van der Waals surface area contributed by atoms with E-state index in [0.29, 0.717) is 5.92 Å². The van der Waals surface area contributed by atoms with E-state index in [4.69, 9.17) is 4.74 Å². The highest BCUT2D eigenvalue weighted by molar-refractivity contribution is 6.05. The van der Waals surface area contributed by atoms with Crippen molar-refractivity contribution in [2.75, 3.05) is 12.0 Å². The fraction of sp³-hybridized carbons (Fsp3) is 0.345. The molecule has 0 N–H and O–H groups in total. The second kappa shape index (κ2) is 9.20. The summed E-state index contributed by atoms with van der Waals surface area (Å²) in [5, 5.41) is 0. The molecular formula is C29H33NO2. The normalized spacial score (nSPS) is 15.4. The van der Waals surface area contributed by atoms with Gasteiger partial charge in [-0.2, -0.15) is 0 Å². The van der Waals surface area contributed by atoms with E-state index in [1.807, 2.05) is 17.0 Å². The number of rotatable bonds is 5. The van der Waals surface area contributed by atoms with Crippen molar-refractivity contribution in [2.24, 2.45) is 0 Å². The third kappa shape index (κ3) is 4.17. The van der Waals surface area contributed by atoms with Crippen molar-refractivity contribution in [2.45, 2.75) is 58.8 Å². The molecule has 3 aromatic carbocycles. The molecule has 1 unspecified atom stereocenters. The van der Waals surface area contributed by atoms with Crippen LogP contribution in [0.5, 0.6) is 5.75 Å². The molecule has 0 heterocycles. The molecule has 1 aliphatic rings. The molecule has 0 radical (unpaired) electrons. The van der Waals surface area contributed by atoms with Crippen molar-refractivity contribution in [1.82, 2.24) is 0 Å². The van der Waals surface area contributed by atoms with Crippen LogP contribution in [0.1, 0.15) is 66.3 Å². The van der Waals surface area contributed by atoms with Crippen LogP contribution in [-0.4, -0.2) is 13.0 Å². The molecule has 1 atom stereocenters. The monoisotopic (exact) mass is 427 g/mol. The molecule has 0 saturated carbocycles. The van der Waals surface area contributed by atoms with Gasteiger partial charge in [-0.1, -0.05) is 44.2 Å². The standard InChI is InChI=1S/C29H33NO2/c1-19(2)22-12-15-24(16-13-22)30(28-11-6-8-20(3)21(28)4)29(31)26-10-7-9-23-14-17-25(32-5)18-27(23)26/h6,8,11-19,26H,7,9-10H2,1-5H3. The van der Waals surface area contributed by atoms with Crippen LogP contribution in [0.15, 0.2) is 60.7 Å². The number of hydrogen-bond donors (Lipinski definition) is 0. The van der Waals surface area contributed by atoms with E-state index >= 15 is 0 Å². The van der Waals surface area contributed by atoms with Gasteiger partial charge in [0, 0.05) is 5.69 Å². The Morgan fingerprint density at radius 2 is 1.78 bits per heavy atom. The summed E-state index contributed by atoms with van der Waals surface area (Å²) in [5.74, 6) is 1.21. The van der Waals surface area contributed by atoms with Gasteiger partial charge in [-0.25, -0.2) is 0 Å². The molecule has 0 fully saturated rings. The number of benzene rings is 3. The zero-order valence-corrected chi connectivity index (χ0v) is 19.8. The van der Waals surface area contributed by atoms with Gasteiger partial charge >= 0.3 is 0 Å². The number of methoxy groups -OCH3 is 1. The van der Waals surface area contributed by atoms with Crippen LogP contribution in [0, 0.1) is 13.8 Å². The van der Waals surface area contributed by atoms with Gasteiger partial charge in [-0.3, -0.25) is 9.69 Å². The van der Waals surface area contributed by atoms with Crippen molar-refractivity contribution in [3.63, 3.8) is 0 Å². The SMILES string of the molecule is COc1ccc2c(c1)C(C(=O)N(c1ccc(C(C)C)cc1)c1cccc(C)c1C)CCC2. The molecule has 3 aromatic rings. The maximum atomic E-state index is 14.2. The quantitative estimate of drug-likeness (QED) is 0.430. The summed E-state index contributed by atoms with van der Waals surface area (Å²) in [6.07, 6.45) is 2.88. The van der Waals surface area contributed by atoms with E-state index < -0.39 is 0 Å². The molecule has 0 bridgehead atoms. The highest BCUT2D eigenvalue weighted by atomic mass is 16.5. The van der Waals surface area contributed by atoms with Crippen molar-refractivity contribution in [1.29, 1.82) is 0 Å². The van der Waals surface area contributed by atoms with Crippen molar-refractivity contribution in [3.8, 4) is 5.75 Å². The first kappa shape index (κ1) is 22.1. The zero-order chi connectivity index (χ0) is 22.8. The number of hydrogen-bond acceptors (Lipinski definition) is 2. The summed E-state index contributed by atoms with van der Waals surface area (Å²) >= 11 is 0. The number of amides is 1. The fourth-order valence-electron chi connectivity index (χ4n) is 4.69. The first-order valence-electron chi connectivity index (χ1n) is 11.6. The Labute approximate surface area is 192 Å². The maximum absolute atomic E-state index is 14.2. The molecule has 32 heavy (non-hydrogen) atoms. The Kier molecular flexibility index (Phi) is 6.36. The molecule has 0 aliphatic heterocycles. The van der Waals surface area contributed by atoms with Crippen LogP contribution in [0.3, 0.4) is 0 Å². The summed E-state index contributed by atoms with van der Waals surface area (Å²) in [6, 6.07) is 20.8. The zero-order valence-electron chi connectivity index (χ0n) is 19.8. The van der Waals surface area contributed by atoms with Crippen molar-refractivity contribution in [3.05, 3.63) is 88.5 Å². The predicted molar refractivity (Wildman–Crippen MR) is 132 cm³/mol. The lowest BCUT2D eigenvalue weighted by Gasteiger charge is -2.32. The minimum Gasteiger partial charge on any atom is -0.497 e. The van der Waals surface area contributed by atoms with Gasteiger partial charge in [-0.05, 0) is 97.2 Å². The largest absolute Gasteiger partial charge is 0.497 e. The molecule has 0 spiro atoms. The summed E-state index contributed by atoms with van der Waals surface area (Å²) < 4.78 is 5.48. The number of fused-ring (bicyclic) bond motifs is 1. The van der Waals surface area contributed by atoms with Crippen molar-refractivity contribution < 1.29 is 9.53 Å². The lowest BCUT2D eigenvalue weighted by Crippen LogP contribution is -2.33. The molecule has 166 valence electrons. The van der Waals surface area contributed by atoms with E-state index in [1.165, 1.54) is 16.7 Å². The second-order valence-electron chi connectivity index (χ2n) is 9.15. The molecule has 0 aromatic heterocycles. The molecule has 4 rings (SSSR count). The highest BCUT2D eigenvalue weighted by Crippen LogP contribution is 2.39. The first-order valence-corrected chi connectivity index (χ1v) is 11.6. The summed E-state index contributed by atoms with van der Waals surface area (Å²) in [7, 11) is 1.68. The van der Waals surface area contributed by atoms with Crippen LogP contribution >= 0.6 is 0 Å². The molecule has 1 amide bonds. The minimum absolute atomic E-state index is 0.130. The third-order valence-electron chi connectivity index (χ3n) is 6.82. The van der Waals surface area contributed by atoms with Crippen LogP contribution in [0.25, 0.3) is 0 Å². The predicted octanol–water partition coefficient (Wildman–Crippen LogP) is 7.22. The van der Waals surface area contributed by atoms with Gasteiger partial charge in [0.1, 0.15) is 5.75 Å². The minimum atomic E-state index is -0.182. The molecule has 1 aliphatic carbocycles. The number of aryl methyl sites for hydroxylation is 2. The average Bonchev–Trinajstić information content (AvgIpc) is 2.81. The van der Waals surface area contributed by atoms with Crippen LogP contribution in [0.2, 0.25) is 0 Å². The van der Waals surface area contributed by atoms with E-state index in [2.05, 4.69) is 76.2 Å². The number of ether oxygens (including phenoxy) is 1. The summed E-state index contributed by atoms with van der Waals surface area (Å²) in [6.45, 7) is 8.58. The molecule has 3 heteroatoms. The number of anilines is 2. The first-order chi connectivity index (χ1) is 15.4. The Hall–Kier alpha value is -3.07. The Balaban J connectivity index is 1.82. The number of carbonyl (C=O) groups is 1. The number of carbonyl (C=O) groups excluding carboxylic acids is 1. The molecular weight excluding hydrogens is 394 g/mol. The van der Waals surface area contributed by atoms with E-state index in [1.54, 1.807) is 7.11 Å². The van der Waals surface area contributed by atoms with Gasteiger partial charge in [0.25, 0.3) is 0 Å². The van der Waals surface area contributed by atoms with Crippen LogP contribution in [-0.2, 0) is 11.2 Å². The Bertz CT molecular complexity index is 1110. The lowest BCUT2D eigenvalue weighted by atomic mass is 9.81. The Morgan fingerprint density at radius 1 is 1.03 bits per heavy atom. The fourth-order valence-corrected chi connectivity index (χ4v) is 4.69. The van der Waals surface area contributed by atoms with Crippen molar-refractivity contribution >= 4 is 17.3 Å². The van der Waals surface area contributed by atoms with Crippen LogP contribution in [0.4, 0.5) is 11.4 Å². The number of nitrogens with zero attached hydrogens (tertiary/aromatic N) is 1. The topological polar surface area (TPSA) is 29.5 Å². The lowest BCUT2D eigenvalue weighted by molar-refractivity contribution is -0.119. The van der Waals surface area contributed by atoms with Crippen LogP contribution < -0.4 is 9.64 Å². The van der Waals surface area contributed by atoms with E-state index in [0.717, 1.165) is 47.5 Å². The molecule has 3 nitrogen and oxygen atoms in total.